The lowest BCUT2D eigenvalue weighted by Crippen LogP contribution is -2.43. The zero-order valence-electron chi connectivity index (χ0n) is 18.2. The quantitative estimate of drug-likeness (QED) is 0.697. The molecule has 1 fully saturated rings. The largest absolute Gasteiger partial charge is 0.359 e. The minimum atomic E-state index is -0.452. The second kappa shape index (κ2) is 8.28. The van der Waals surface area contributed by atoms with Crippen LogP contribution in [0.2, 0.25) is 0 Å². The summed E-state index contributed by atoms with van der Waals surface area (Å²) in [5.74, 6) is -0.265. The van der Waals surface area contributed by atoms with Gasteiger partial charge in [0.1, 0.15) is 11.6 Å². The first-order valence-electron chi connectivity index (χ1n) is 10.8. The van der Waals surface area contributed by atoms with Gasteiger partial charge in [-0.3, -0.25) is 14.8 Å². The summed E-state index contributed by atoms with van der Waals surface area (Å²) in [6.45, 7) is 5.11. The van der Waals surface area contributed by atoms with Crippen LogP contribution >= 0.6 is 0 Å². The van der Waals surface area contributed by atoms with Crippen LogP contribution in [0.25, 0.3) is 11.1 Å². The number of anilines is 1. The van der Waals surface area contributed by atoms with Gasteiger partial charge in [-0.2, -0.15) is 5.10 Å². The lowest BCUT2D eigenvalue weighted by atomic mass is 9.85. The van der Waals surface area contributed by atoms with Crippen molar-refractivity contribution < 1.29 is 14.0 Å². The van der Waals surface area contributed by atoms with Gasteiger partial charge in [0.05, 0.1) is 12.4 Å². The molecule has 4 rings (SSSR count). The molecule has 31 heavy (non-hydrogen) atoms. The summed E-state index contributed by atoms with van der Waals surface area (Å²) in [5.41, 5.74) is 2.18. The molecule has 2 aromatic rings. The van der Waals surface area contributed by atoms with E-state index in [1.165, 1.54) is 0 Å². The van der Waals surface area contributed by atoms with Gasteiger partial charge in [0, 0.05) is 42.4 Å². The Balaban J connectivity index is 1.45. The summed E-state index contributed by atoms with van der Waals surface area (Å²) in [7, 11) is 1.63. The molecule has 2 aromatic heterocycles. The molecule has 0 spiro atoms. The normalized spacial score (nSPS) is 21.9. The van der Waals surface area contributed by atoms with Crippen LogP contribution in [-0.4, -0.2) is 39.8 Å². The summed E-state index contributed by atoms with van der Waals surface area (Å²) < 4.78 is 16.5. The molecule has 3 amide bonds. The van der Waals surface area contributed by atoms with Gasteiger partial charge in [-0.15, -0.1) is 0 Å². The van der Waals surface area contributed by atoms with Crippen molar-refractivity contribution in [2.75, 3.05) is 12.4 Å². The molecule has 9 heteroatoms. The maximum atomic E-state index is 14.6. The second-order valence-electron chi connectivity index (χ2n) is 9.33. The molecule has 166 valence electrons. The van der Waals surface area contributed by atoms with Crippen molar-refractivity contribution >= 4 is 17.8 Å². The van der Waals surface area contributed by atoms with Crippen molar-refractivity contribution in [2.24, 2.45) is 11.3 Å². The molecule has 1 aliphatic heterocycles. The maximum Gasteiger partial charge on any atom is 0.320 e. The average molecular weight is 429 g/mol. The maximum absolute atomic E-state index is 14.6. The third kappa shape index (κ3) is 4.55. The van der Waals surface area contributed by atoms with E-state index < -0.39 is 11.8 Å². The van der Waals surface area contributed by atoms with Crippen LogP contribution in [0.3, 0.4) is 0 Å². The SMILES string of the molecule is CNC(=O)[C@H]1CCC[C@@H](NC(=O)Nc2cc(-c3cnn4c3CC(C)(C)C4)c(F)cn2)C1. The minimum absolute atomic E-state index is 0.00800. The lowest BCUT2D eigenvalue weighted by Gasteiger charge is -2.28. The lowest BCUT2D eigenvalue weighted by molar-refractivity contribution is -0.125. The molecule has 2 aliphatic rings. The van der Waals surface area contributed by atoms with Crippen LogP contribution in [0, 0.1) is 17.2 Å². The molecular weight excluding hydrogens is 399 g/mol. The Hall–Kier alpha value is -2.97. The number of aromatic nitrogens is 3. The Morgan fingerprint density at radius 2 is 2.03 bits per heavy atom. The average Bonchev–Trinajstić information content (AvgIpc) is 3.24. The number of pyridine rings is 1. The van der Waals surface area contributed by atoms with Crippen molar-refractivity contribution in [1.82, 2.24) is 25.4 Å². The number of carbonyl (C=O) groups is 2. The van der Waals surface area contributed by atoms with E-state index in [2.05, 4.69) is 39.9 Å². The highest BCUT2D eigenvalue weighted by molar-refractivity contribution is 5.89. The van der Waals surface area contributed by atoms with Gasteiger partial charge in [-0.25, -0.2) is 14.2 Å². The molecule has 2 atom stereocenters. The van der Waals surface area contributed by atoms with Crippen LogP contribution in [0.5, 0.6) is 0 Å². The zero-order chi connectivity index (χ0) is 22.2. The molecule has 3 heterocycles. The fourth-order valence-electron chi connectivity index (χ4n) is 4.69. The van der Waals surface area contributed by atoms with E-state index in [0.717, 1.165) is 49.7 Å². The fraction of sp³-hybridized carbons (Fsp3) is 0.545. The summed E-state index contributed by atoms with van der Waals surface area (Å²) in [6.07, 6.45) is 6.74. The van der Waals surface area contributed by atoms with Gasteiger partial charge in [0.15, 0.2) is 0 Å². The Bertz CT molecular complexity index is 1000. The summed E-state index contributed by atoms with van der Waals surface area (Å²) in [6, 6.07) is 1.05. The number of rotatable bonds is 4. The number of hydrogen-bond donors (Lipinski definition) is 3. The van der Waals surface area contributed by atoms with E-state index in [-0.39, 0.29) is 29.1 Å². The van der Waals surface area contributed by atoms with Gasteiger partial charge in [-0.1, -0.05) is 20.3 Å². The smallest absolute Gasteiger partial charge is 0.320 e. The summed E-state index contributed by atoms with van der Waals surface area (Å²) in [4.78, 5) is 28.4. The van der Waals surface area contributed by atoms with E-state index in [9.17, 15) is 14.0 Å². The number of amides is 3. The van der Waals surface area contributed by atoms with Crippen molar-refractivity contribution in [3.63, 3.8) is 0 Å². The molecule has 8 nitrogen and oxygen atoms in total. The van der Waals surface area contributed by atoms with E-state index in [1.54, 1.807) is 19.3 Å². The van der Waals surface area contributed by atoms with Crippen molar-refractivity contribution in [2.45, 2.75) is 58.5 Å². The summed E-state index contributed by atoms with van der Waals surface area (Å²) in [5, 5.41) is 12.7. The number of carbonyl (C=O) groups excluding carboxylic acids is 2. The molecule has 0 saturated heterocycles. The molecule has 0 bridgehead atoms. The van der Waals surface area contributed by atoms with E-state index >= 15 is 0 Å². The van der Waals surface area contributed by atoms with Crippen molar-refractivity contribution in [3.05, 3.63) is 30.0 Å². The van der Waals surface area contributed by atoms with Crippen molar-refractivity contribution in [3.8, 4) is 11.1 Å². The van der Waals surface area contributed by atoms with E-state index in [0.29, 0.717) is 12.0 Å². The Kier molecular flexibility index (Phi) is 5.68. The Morgan fingerprint density at radius 3 is 2.81 bits per heavy atom. The van der Waals surface area contributed by atoms with Gasteiger partial charge in [0.25, 0.3) is 0 Å². The number of nitrogens with zero attached hydrogens (tertiary/aromatic N) is 3. The van der Waals surface area contributed by atoms with E-state index in [1.807, 2.05) is 4.68 Å². The first-order valence-corrected chi connectivity index (χ1v) is 10.8. The highest BCUT2D eigenvalue weighted by Crippen LogP contribution is 2.38. The van der Waals surface area contributed by atoms with Gasteiger partial charge in [-0.05, 0) is 37.2 Å². The van der Waals surface area contributed by atoms with Gasteiger partial charge in [0.2, 0.25) is 5.91 Å². The van der Waals surface area contributed by atoms with Crippen LogP contribution in [0.1, 0.15) is 45.2 Å². The zero-order valence-corrected chi connectivity index (χ0v) is 18.2. The second-order valence-corrected chi connectivity index (χ2v) is 9.33. The van der Waals surface area contributed by atoms with Crippen molar-refractivity contribution in [1.29, 1.82) is 0 Å². The van der Waals surface area contributed by atoms with Crippen LogP contribution < -0.4 is 16.0 Å². The molecule has 0 aromatic carbocycles. The van der Waals surface area contributed by atoms with Crippen LogP contribution in [0.4, 0.5) is 15.0 Å². The Labute approximate surface area is 181 Å². The monoisotopic (exact) mass is 428 g/mol. The number of urea groups is 1. The molecular formula is C22H29FN6O2. The first kappa shape index (κ1) is 21.3. The molecule has 1 aliphatic carbocycles. The predicted octanol–water partition coefficient (Wildman–Crippen LogP) is 3.09. The third-order valence-electron chi connectivity index (χ3n) is 6.19. The van der Waals surface area contributed by atoms with Gasteiger partial charge < -0.3 is 10.6 Å². The third-order valence-corrected chi connectivity index (χ3v) is 6.19. The fourth-order valence-corrected chi connectivity index (χ4v) is 4.69. The van der Waals surface area contributed by atoms with Crippen LogP contribution in [-0.2, 0) is 17.8 Å². The highest BCUT2D eigenvalue weighted by Gasteiger charge is 2.32. The standard InChI is InChI=1S/C22H29FN6O2/c1-22(2)9-18-16(10-26-29(18)12-22)15-8-19(25-11-17(15)23)28-21(31)27-14-6-4-5-13(7-14)20(30)24-3/h8,10-11,13-14H,4-7,9,12H2,1-3H3,(H,24,30)(H2,25,27,28,31)/t13-,14+/m0/s1. The highest BCUT2D eigenvalue weighted by atomic mass is 19.1. The Morgan fingerprint density at radius 1 is 1.23 bits per heavy atom. The first-order chi connectivity index (χ1) is 14.8. The predicted molar refractivity (Wildman–Crippen MR) is 115 cm³/mol. The number of fused-ring (bicyclic) bond motifs is 1. The van der Waals surface area contributed by atoms with Gasteiger partial charge >= 0.3 is 6.03 Å². The number of halogens is 1. The molecule has 1 saturated carbocycles. The summed E-state index contributed by atoms with van der Waals surface area (Å²) >= 11 is 0. The number of nitrogens with one attached hydrogen (secondary N) is 3. The van der Waals surface area contributed by atoms with Crippen LogP contribution in [0.15, 0.2) is 18.5 Å². The van der Waals surface area contributed by atoms with E-state index in [4.69, 9.17) is 0 Å². The molecule has 0 unspecified atom stereocenters. The minimum Gasteiger partial charge on any atom is -0.359 e. The molecule has 0 radical (unpaired) electrons. The number of hydrogen-bond acceptors (Lipinski definition) is 4. The molecule has 3 N–H and O–H groups in total. The topological polar surface area (TPSA) is 101 Å².